The standard InChI is InChI=1S/C14H24O4/c1-4-7-9-11(6-3)10-18-14(17)12(8-5-2)13(15)16/h5,11-12H,2,4,6-10H2,1,3H3,(H,15,16). The van der Waals surface area contributed by atoms with E-state index in [-0.39, 0.29) is 6.42 Å². The Morgan fingerprint density at radius 2 is 2.06 bits per heavy atom. The predicted molar refractivity (Wildman–Crippen MR) is 70.2 cm³/mol. The Balaban J connectivity index is 4.19. The van der Waals surface area contributed by atoms with Crippen molar-refractivity contribution in [3.63, 3.8) is 0 Å². The lowest BCUT2D eigenvalue weighted by Gasteiger charge is -2.16. The van der Waals surface area contributed by atoms with Gasteiger partial charge in [0.25, 0.3) is 0 Å². The first-order chi connectivity index (χ1) is 8.56. The first kappa shape index (κ1) is 16.7. The lowest BCUT2D eigenvalue weighted by molar-refractivity contribution is -0.159. The van der Waals surface area contributed by atoms with Crippen molar-refractivity contribution in [2.45, 2.75) is 46.0 Å². The molecule has 0 aromatic carbocycles. The molecule has 0 bridgehead atoms. The van der Waals surface area contributed by atoms with Crippen molar-refractivity contribution in [2.24, 2.45) is 11.8 Å². The van der Waals surface area contributed by atoms with Gasteiger partial charge in [-0.1, -0.05) is 39.2 Å². The lowest BCUT2D eigenvalue weighted by Crippen LogP contribution is -2.27. The summed E-state index contributed by atoms with van der Waals surface area (Å²) in [6.07, 6.45) is 5.70. The molecule has 4 nitrogen and oxygen atoms in total. The highest BCUT2D eigenvalue weighted by molar-refractivity contribution is 5.94. The largest absolute Gasteiger partial charge is 0.481 e. The Bertz CT molecular complexity index is 273. The highest BCUT2D eigenvalue weighted by atomic mass is 16.5. The first-order valence-electron chi connectivity index (χ1n) is 6.57. The van der Waals surface area contributed by atoms with E-state index in [1.165, 1.54) is 6.08 Å². The van der Waals surface area contributed by atoms with E-state index >= 15 is 0 Å². The molecule has 104 valence electrons. The average molecular weight is 256 g/mol. The fraction of sp³-hybridized carbons (Fsp3) is 0.714. The number of hydrogen-bond donors (Lipinski definition) is 1. The van der Waals surface area contributed by atoms with Crippen molar-refractivity contribution in [1.82, 2.24) is 0 Å². The summed E-state index contributed by atoms with van der Waals surface area (Å²) in [6.45, 7) is 7.92. The van der Waals surface area contributed by atoms with E-state index in [0.717, 1.165) is 25.7 Å². The number of ether oxygens (including phenoxy) is 1. The SMILES string of the molecule is C=CCC(C(=O)O)C(=O)OCC(CC)CCCC. The summed E-state index contributed by atoms with van der Waals surface area (Å²) in [5.74, 6) is -2.60. The predicted octanol–water partition coefficient (Wildman–Crippen LogP) is 3.02. The van der Waals surface area contributed by atoms with Crippen LogP contribution < -0.4 is 0 Å². The Morgan fingerprint density at radius 3 is 2.50 bits per heavy atom. The molecular weight excluding hydrogens is 232 g/mol. The van der Waals surface area contributed by atoms with Crippen LogP contribution in [0.4, 0.5) is 0 Å². The Morgan fingerprint density at radius 1 is 1.39 bits per heavy atom. The molecule has 0 heterocycles. The van der Waals surface area contributed by atoms with Crippen molar-refractivity contribution in [2.75, 3.05) is 6.61 Å². The molecular formula is C14H24O4. The fourth-order valence-corrected chi connectivity index (χ4v) is 1.66. The summed E-state index contributed by atoms with van der Waals surface area (Å²) in [7, 11) is 0. The summed E-state index contributed by atoms with van der Waals surface area (Å²) in [5.41, 5.74) is 0. The highest BCUT2D eigenvalue weighted by Gasteiger charge is 2.26. The Hall–Kier alpha value is -1.32. The van der Waals surface area contributed by atoms with Crippen LogP contribution in [-0.4, -0.2) is 23.7 Å². The van der Waals surface area contributed by atoms with Crippen LogP contribution in [-0.2, 0) is 14.3 Å². The van der Waals surface area contributed by atoms with Crippen molar-refractivity contribution >= 4 is 11.9 Å². The first-order valence-corrected chi connectivity index (χ1v) is 6.57. The number of allylic oxidation sites excluding steroid dienone is 1. The van der Waals surface area contributed by atoms with Crippen LogP contribution in [0, 0.1) is 11.8 Å². The molecule has 2 unspecified atom stereocenters. The molecule has 0 radical (unpaired) electrons. The van der Waals surface area contributed by atoms with Crippen molar-refractivity contribution in [1.29, 1.82) is 0 Å². The Kier molecular flexibility index (Phi) is 8.97. The van der Waals surface area contributed by atoms with Gasteiger partial charge in [0, 0.05) is 0 Å². The minimum Gasteiger partial charge on any atom is -0.481 e. The van der Waals surface area contributed by atoms with Crippen LogP contribution in [0.1, 0.15) is 46.0 Å². The van der Waals surface area contributed by atoms with Gasteiger partial charge in [0.15, 0.2) is 5.92 Å². The number of hydrogen-bond acceptors (Lipinski definition) is 3. The van der Waals surface area contributed by atoms with Gasteiger partial charge in [-0.25, -0.2) is 0 Å². The maximum atomic E-state index is 11.6. The molecule has 0 aromatic heterocycles. The number of carbonyl (C=O) groups is 2. The van der Waals surface area contributed by atoms with Gasteiger partial charge in [0.2, 0.25) is 0 Å². The lowest BCUT2D eigenvalue weighted by atomic mass is 10.0. The third-order valence-corrected chi connectivity index (χ3v) is 2.99. The molecule has 0 fully saturated rings. The number of esters is 1. The van der Waals surface area contributed by atoms with E-state index in [1.54, 1.807) is 0 Å². The number of rotatable bonds is 10. The number of carboxylic acids is 1. The zero-order valence-electron chi connectivity index (χ0n) is 11.4. The maximum absolute atomic E-state index is 11.6. The third-order valence-electron chi connectivity index (χ3n) is 2.99. The van der Waals surface area contributed by atoms with Gasteiger partial charge in [0.1, 0.15) is 0 Å². The van der Waals surface area contributed by atoms with E-state index in [2.05, 4.69) is 13.5 Å². The molecule has 0 rings (SSSR count). The number of carbonyl (C=O) groups excluding carboxylic acids is 1. The topological polar surface area (TPSA) is 63.6 Å². The normalized spacial score (nSPS) is 13.7. The van der Waals surface area contributed by atoms with Crippen LogP contribution in [0.2, 0.25) is 0 Å². The van der Waals surface area contributed by atoms with Crippen LogP contribution in [0.25, 0.3) is 0 Å². The smallest absolute Gasteiger partial charge is 0.320 e. The summed E-state index contributed by atoms with van der Waals surface area (Å²) in [5, 5.41) is 8.89. The van der Waals surface area contributed by atoms with Gasteiger partial charge in [0.05, 0.1) is 6.61 Å². The van der Waals surface area contributed by atoms with Gasteiger partial charge >= 0.3 is 11.9 Å². The van der Waals surface area contributed by atoms with Crippen LogP contribution in [0.15, 0.2) is 12.7 Å². The summed E-state index contributed by atoms with van der Waals surface area (Å²) in [4.78, 5) is 22.5. The van der Waals surface area contributed by atoms with Gasteiger partial charge in [-0.15, -0.1) is 6.58 Å². The molecule has 0 spiro atoms. The third kappa shape index (κ3) is 6.42. The molecule has 0 aliphatic heterocycles. The van der Waals surface area contributed by atoms with Gasteiger partial charge in [-0.2, -0.15) is 0 Å². The second-order valence-corrected chi connectivity index (χ2v) is 4.46. The minimum absolute atomic E-state index is 0.111. The van der Waals surface area contributed by atoms with E-state index < -0.39 is 17.9 Å². The summed E-state index contributed by atoms with van der Waals surface area (Å²) in [6, 6.07) is 0. The second-order valence-electron chi connectivity index (χ2n) is 4.46. The number of unbranched alkanes of at least 4 members (excludes halogenated alkanes) is 1. The number of carboxylic acid groups (broad SMARTS) is 1. The molecule has 0 saturated heterocycles. The van der Waals surface area contributed by atoms with Crippen LogP contribution in [0.5, 0.6) is 0 Å². The molecule has 0 aliphatic rings. The van der Waals surface area contributed by atoms with Crippen molar-refractivity contribution < 1.29 is 19.4 Å². The molecule has 0 aromatic rings. The molecule has 0 amide bonds. The monoisotopic (exact) mass is 256 g/mol. The van der Waals surface area contributed by atoms with E-state index in [4.69, 9.17) is 9.84 Å². The maximum Gasteiger partial charge on any atom is 0.320 e. The quantitative estimate of drug-likeness (QED) is 0.371. The van der Waals surface area contributed by atoms with Gasteiger partial charge < -0.3 is 9.84 Å². The van der Waals surface area contributed by atoms with Crippen molar-refractivity contribution in [3.05, 3.63) is 12.7 Å². The fourth-order valence-electron chi connectivity index (χ4n) is 1.66. The minimum atomic E-state index is -1.15. The summed E-state index contributed by atoms with van der Waals surface area (Å²) < 4.78 is 5.10. The Labute approximate surface area is 109 Å². The molecule has 0 aliphatic carbocycles. The number of aliphatic carboxylic acids is 1. The van der Waals surface area contributed by atoms with E-state index in [9.17, 15) is 9.59 Å². The molecule has 0 saturated carbocycles. The zero-order chi connectivity index (χ0) is 14.0. The van der Waals surface area contributed by atoms with Gasteiger partial charge in [-0.3, -0.25) is 9.59 Å². The zero-order valence-corrected chi connectivity index (χ0v) is 11.4. The van der Waals surface area contributed by atoms with E-state index in [0.29, 0.717) is 12.5 Å². The average Bonchev–Trinajstić information content (AvgIpc) is 2.35. The summed E-state index contributed by atoms with van der Waals surface area (Å²) >= 11 is 0. The van der Waals surface area contributed by atoms with Crippen LogP contribution in [0.3, 0.4) is 0 Å². The molecule has 18 heavy (non-hydrogen) atoms. The van der Waals surface area contributed by atoms with Gasteiger partial charge in [-0.05, 0) is 18.8 Å². The highest BCUT2D eigenvalue weighted by Crippen LogP contribution is 2.15. The second kappa shape index (κ2) is 9.68. The molecule has 1 N–H and O–H groups in total. The van der Waals surface area contributed by atoms with Crippen LogP contribution >= 0.6 is 0 Å². The molecule has 4 heteroatoms. The van der Waals surface area contributed by atoms with E-state index in [1.807, 2.05) is 6.92 Å². The van der Waals surface area contributed by atoms with Crippen molar-refractivity contribution in [3.8, 4) is 0 Å². The molecule has 2 atom stereocenters.